The summed E-state index contributed by atoms with van der Waals surface area (Å²) in [6, 6.07) is 0.527. The molecule has 1 aliphatic heterocycles. The minimum Gasteiger partial charge on any atom is -0.309 e. The van der Waals surface area contributed by atoms with E-state index in [9.17, 15) is 0 Å². The van der Waals surface area contributed by atoms with Crippen LogP contribution in [0.3, 0.4) is 0 Å². The fraction of sp³-hybridized carbons (Fsp3) is 0.895. The second kappa shape index (κ2) is 8.33. The third-order valence-corrected chi connectivity index (χ3v) is 5.48. The van der Waals surface area contributed by atoms with Crippen LogP contribution in [0.25, 0.3) is 0 Å². The van der Waals surface area contributed by atoms with Crippen LogP contribution in [0.4, 0.5) is 0 Å². The molecule has 1 fully saturated rings. The van der Waals surface area contributed by atoms with Gasteiger partial charge in [-0.2, -0.15) is 0 Å². The molecule has 0 spiro atoms. The smallest absolute Gasteiger partial charge is 0.0461 e. The molecule has 0 aromatic heterocycles. The Morgan fingerprint density at radius 1 is 1.05 bits per heavy atom. The van der Waals surface area contributed by atoms with Gasteiger partial charge in [-0.1, -0.05) is 37.8 Å². The zero-order chi connectivity index (χ0) is 15.1. The van der Waals surface area contributed by atoms with Crippen molar-refractivity contribution >= 4 is 0 Å². The van der Waals surface area contributed by atoms with Gasteiger partial charge in [0.25, 0.3) is 0 Å². The molecule has 2 heteroatoms. The summed E-state index contributed by atoms with van der Waals surface area (Å²) >= 11 is 0. The highest BCUT2D eigenvalue weighted by atomic mass is 15.2. The van der Waals surface area contributed by atoms with Gasteiger partial charge in [-0.25, -0.2) is 0 Å². The fourth-order valence-corrected chi connectivity index (χ4v) is 4.17. The molecule has 1 atom stereocenters. The third-order valence-electron chi connectivity index (χ3n) is 5.48. The largest absolute Gasteiger partial charge is 0.309 e. The van der Waals surface area contributed by atoms with Crippen LogP contribution in [0.15, 0.2) is 11.6 Å². The van der Waals surface area contributed by atoms with Crippen LogP contribution in [-0.4, -0.2) is 36.1 Å². The summed E-state index contributed by atoms with van der Waals surface area (Å²) in [5.74, 6) is 0. The SMILES string of the molecule is CCNC(C1=CCCCCCC1)C(C)(C)N1CCCCC1. The van der Waals surface area contributed by atoms with Crippen molar-refractivity contribution in [2.24, 2.45) is 0 Å². The van der Waals surface area contributed by atoms with Gasteiger partial charge in [-0.05, 0) is 72.0 Å². The van der Waals surface area contributed by atoms with Crippen LogP contribution in [0.1, 0.15) is 78.6 Å². The predicted octanol–water partition coefficient (Wildman–Crippen LogP) is 4.51. The van der Waals surface area contributed by atoms with E-state index in [0.717, 1.165) is 6.54 Å². The van der Waals surface area contributed by atoms with Crippen molar-refractivity contribution in [3.8, 4) is 0 Å². The van der Waals surface area contributed by atoms with Crippen LogP contribution < -0.4 is 5.32 Å². The molecule has 0 aromatic carbocycles. The average molecular weight is 293 g/mol. The first kappa shape index (κ1) is 17.0. The Kier molecular flexibility index (Phi) is 6.75. The van der Waals surface area contributed by atoms with Crippen molar-refractivity contribution < 1.29 is 0 Å². The molecule has 0 aromatic rings. The fourth-order valence-electron chi connectivity index (χ4n) is 4.17. The van der Waals surface area contributed by atoms with E-state index in [0.29, 0.717) is 6.04 Å². The van der Waals surface area contributed by atoms with Crippen molar-refractivity contribution in [2.45, 2.75) is 90.1 Å². The van der Waals surface area contributed by atoms with Crippen molar-refractivity contribution in [3.63, 3.8) is 0 Å². The highest BCUT2D eigenvalue weighted by Gasteiger charge is 2.37. The molecular weight excluding hydrogens is 256 g/mol. The predicted molar refractivity (Wildman–Crippen MR) is 92.8 cm³/mol. The maximum Gasteiger partial charge on any atom is 0.0461 e. The Hall–Kier alpha value is -0.340. The molecule has 122 valence electrons. The molecule has 21 heavy (non-hydrogen) atoms. The molecule has 1 N–H and O–H groups in total. The van der Waals surface area contributed by atoms with Crippen LogP contribution in [0.2, 0.25) is 0 Å². The number of piperidine rings is 1. The molecule has 0 saturated carbocycles. The minimum absolute atomic E-state index is 0.238. The Bertz CT molecular complexity index is 326. The van der Waals surface area contributed by atoms with Gasteiger partial charge in [-0.15, -0.1) is 0 Å². The Morgan fingerprint density at radius 3 is 2.43 bits per heavy atom. The number of hydrogen-bond donors (Lipinski definition) is 1. The average Bonchev–Trinajstić information content (AvgIpc) is 2.46. The van der Waals surface area contributed by atoms with Crippen LogP contribution in [-0.2, 0) is 0 Å². The van der Waals surface area contributed by atoms with Crippen molar-refractivity contribution in [3.05, 3.63) is 11.6 Å². The van der Waals surface area contributed by atoms with Crippen LogP contribution in [0, 0.1) is 0 Å². The van der Waals surface area contributed by atoms with Crippen molar-refractivity contribution in [1.29, 1.82) is 0 Å². The number of likely N-dealkylation sites (tertiary alicyclic amines) is 1. The Labute approximate surface area is 132 Å². The molecule has 0 radical (unpaired) electrons. The van der Waals surface area contributed by atoms with Crippen LogP contribution >= 0.6 is 0 Å². The summed E-state index contributed by atoms with van der Waals surface area (Å²) in [5.41, 5.74) is 1.92. The third kappa shape index (κ3) is 4.56. The first-order valence-electron chi connectivity index (χ1n) is 9.33. The van der Waals surface area contributed by atoms with E-state index in [1.165, 1.54) is 70.9 Å². The van der Waals surface area contributed by atoms with Gasteiger partial charge in [0.15, 0.2) is 0 Å². The summed E-state index contributed by atoms with van der Waals surface area (Å²) in [6.45, 7) is 10.8. The molecule has 0 bridgehead atoms. The number of allylic oxidation sites excluding steroid dienone is 1. The second-order valence-corrected chi connectivity index (χ2v) is 7.42. The minimum atomic E-state index is 0.238. The lowest BCUT2D eigenvalue weighted by Gasteiger charge is -2.47. The summed E-state index contributed by atoms with van der Waals surface area (Å²) in [7, 11) is 0. The highest BCUT2D eigenvalue weighted by molar-refractivity contribution is 5.19. The molecule has 1 aliphatic carbocycles. The van der Waals surface area contributed by atoms with Gasteiger partial charge in [-0.3, -0.25) is 4.90 Å². The number of nitrogens with one attached hydrogen (secondary N) is 1. The van der Waals surface area contributed by atoms with E-state index < -0.39 is 0 Å². The lowest BCUT2D eigenvalue weighted by atomic mass is 9.82. The van der Waals surface area contributed by atoms with Gasteiger partial charge in [0.2, 0.25) is 0 Å². The zero-order valence-electron chi connectivity index (χ0n) is 14.6. The lowest BCUT2D eigenvalue weighted by Crippen LogP contribution is -2.59. The zero-order valence-corrected chi connectivity index (χ0v) is 14.6. The second-order valence-electron chi connectivity index (χ2n) is 7.42. The molecule has 1 heterocycles. The molecule has 2 rings (SSSR count). The van der Waals surface area contributed by atoms with E-state index in [4.69, 9.17) is 0 Å². The number of nitrogens with zero attached hydrogens (tertiary/aromatic N) is 1. The monoisotopic (exact) mass is 292 g/mol. The highest BCUT2D eigenvalue weighted by Crippen LogP contribution is 2.31. The molecule has 2 aliphatic rings. The standard InChI is InChI=1S/C19H36N2/c1-4-20-18(17-13-9-6-5-7-10-14-17)19(2,3)21-15-11-8-12-16-21/h13,18,20H,4-12,14-16H2,1-3H3. The van der Waals surface area contributed by atoms with Crippen molar-refractivity contribution in [2.75, 3.05) is 19.6 Å². The first-order chi connectivity index (χ1) is 10.2. The van der Waals surface area contributed by atoms with Gasteiger partial charge in [0, 0.05) is 11.6 Å². The van der Waals surface area contributed by atoms with Gasteiger partial charge in [0.1, 0.15) is 0 Å². The van der Waals surface area contributed by atoms with E-state index in [-0.39, 0.29) is 5.54 Å². The van der Waals surface area contributed by atoms with E-state index in [1.807, 2.05) is 0 Å². The number of rotatable bonds is 5. The molecular formula is C19H36N2. The summed E-state index contributed by atoms with van der Waals surface area (Å²) in [6.07, 6.45) is 14.9. The summed E-state index contributed by atoms with van der Waals surface area (Å²) in [4.78, 5) is 2.74. The topological polar surface area (TPSA) is 15.3 Å². The van der Waals surface area contributed by atoms with E-state index >= 15 is 0 Å². The number of hydrogen-bond acceptors (Lipinski definition) is 2. The van der Waals surface area contributed by atoms with Gasteiger partial charge in [0.05, 0.1) is 0 Å². The number of likely N-dealkylation sites (N-methyl/N-ethyl adjacent to an activating group) is 1. The van der Waals surface area contributed by atoms with Gasteiger partial charge < -0.3 is 5.32 Å². The summed E-state index contributed by atoms with van der Waals surface area (Å²) in [5, 5.41) is 3.83. The van der Waals surface area contributed by atoms with Crippen molar-refractivity contribution in [1.82, 2.24) is 10.2 Å². The maximum atomic E-state index is 3.83. The quantitative estimate of drug-likeness (QED) is 0.750. The van der Waals surface area contributed by atoms with E-state index in [2.05, 4.69) is 37.1 Å². The maximum absolute atomic E-state index is 3.83. The first-order valence-corrected chi connectivity index (χ1v) is 9.33. The molecule has 0 amide bonds. The Morgan fingerprint density at radius 2 is 1.71 bits per heavy atom. The van der Waals surface area contributed by atoms with Gasteiger partial charge >= 0.3 is 0 Å². The lowest BCUT2D eigenvalue weighted by molar-refractivity contribution is 0.0709. The summed E-state index contributed by atoms with van der Waals surface area (Å²) < 4.78 is 0. The van der Waals surface area contributed by atoms with E-state index in [1.54, 1.807) is 5.57 Å². The van der Waals surface area contributed by atoms with Crippen LogP contribution in [0.5, 0.6) is 0 Å². The Balaban J connectivity index is 2.14. The normalized spacial score (nSPS) is 24.0. The molecule has 1 saturated heterocycles. The molecule has 1 unspecified atom stereocenters. The molecule has 2 nitrogen and oxygen atoms in total.